The molecule has 7 nitrogen and oxygen atoms in total. The number of nitrogens with one attached hydrogen (secondary N) is 1. The van der Waals surface area contributed by atoms with Gasteiger partial charge >= 0.3 is 0 Å². The van der Waals surface area contributed by atoms with E-state index in [1.807, 2.05) is 41.4 Å². The summed E-state index contributed by atoms with van der Waals surface area (Å²) in [6.07, 6.45) is 3.64. The summed E-state index contributed by atoms with van der Waals surface area (Å²) in [5, 5.41) is 11.7. The molecule has 2 aromatic heterocycles. The second kappa shape index (κ2) is 10.3. The second-order valence-corrected chi connectivity index (χ2v) is 9.88. The highest BCUT2D eigenvalue weighted by atomic mass is 35.5. The largest absolute Gasteiger partial charge is 0.507 e. The van der Waals surface area contributed by atoms with E-state index in [1.54, 1.807) is 24.4 Å². The number of phenols is 1. The Morgan fingerprint density at radius 2 is 1.83 bits per heavy atom. The SMILES string of the molecule is CN(C)CCN1CCN(C(=O)c2cc(-c3cnc4[nH]cc(-c5ccccc5O)c4c3)ccc2Cl)CC1. The van der Waals surface area contributed by atoms with Crippen molar-refractivity contribution >= 4 is 28.5 Å². The second-order valence-electron chi connectivity index (χ2n) is 9.47. The number of benzene rings is 2. The van der Waals surface area contributed by atoms with Gasteiger partial charge < -0.3 is 19.9 Å². The zero-order valence-corrected chi connectivity index (χ0v) is 21.3. The van der Waals surface area contributed by atoms with Crippen LogP contribution in [0, 0.1) is 0 Å². The number of fused-ring (bicyclic) bond motifs is 1. The van der Waals surface area contributed by atoms with Gasteiger partial charge in [0.15, 0.2) is 0 Å². The third-order valence-corrected chi connectivity index (χ3v) is 7.11. The van der Waals surface area contributed by atoms with Gasteiger partial charge in [-0.25, -0.2) is 4.98 Å². The number of rotatable bonds is 6. The van der Waals surface area contributed by atoms with Crippen LogP contribution in [0.5, 0.6) is 5.75 Å². The number of likely N-dealkylation sites (N-methyl/N-ethyl adjacent to an activating group) is 1. The van der Waals surface area contributed by atoms with Crippen LogP contribution in [0.25, 0.3) is 33.3 Å². The van der Waals surface area contributed by atoms with E-state index < -0.39 is 0 Å². The maximum atomic E-state index is 13.4. The van der Waals surface area contributed by atoms with Crippen LogP contribution in [0.3, 0.4) is 0 Å². The van der Waals surface area contributed by atoms with Crippen molar-refractivity contribution in [3.8, 4) is 28.0 Å². The number of H-pyrrole nitrogens is 1. The number of aromatic hydroxyl groups is 1. The molecular formula is C28H30ClN5O2. The smallest absolute Gasteiger partial charge is 0.255 e. The van der Waals surface area contributed by atoms with Crippen molar-refractivity contribution in [3.63, 3.8) is 0 Å². The molecule has 186 valence electrons. The molecule has 0 atom stereocenters. The van der Waals surface area contributed by atoms with Crippen molar-refractivity contribution in [1.82, 2.24) is 24.7 Å². The predicted molar refractivity (Wildman–Crippen MR) is 145 cm³/mol. The fourth-order valence-corrected chi connectivity index (χ4v) is 4.84. The number of carbonyl (C=O) groups excluding carboxylic acids is 1. The van der Waals surface area contributed by atoms with E-state index >= 15 is 0 Å². The number of aromatic amines is 1. The van der Waals surface area contributed by atoms with E-state index in [0.29, 0.717) is 23.7 Å². The van der Waals surface area contributed by atoms with Gasteiger partial charge in [-0.15, -0.1) is 0 Å². The first kappa shape index (κ1) is 24.3. The summed E-state index contributed by atoms with van der Waals surface area (Å²) < 4.78 is 0. The van der Waals surface area contributed by atoms with E-state index in [1.165, 1.54) is 0 Å². The van der Waals surface area contributed by atoms with Gasteiger partial charge in [-0.1, -0.05) is 35.9 Å². The normalized spacial score (nSPS) is 14.6. The average molecular weight is 504 g/mol. The quantitative estimate of drug-likeness (QED) is 0.403. The van der Waals surface area contributed by atoms with Crippen molar-refractivity contribution in [2.45, 2.75) is 0 Å². The number of carbonyl (C=O) groups is 1. The minimum absolute atomic E-state index is 0.0420. The number of piperazine rings is 1. The molecule has 0 aliphatic carbocycles. The molecule has 3 heterocycles. The molecule has 0 spiro atoms. The molecule has 36 heavy (non-hydrogen) atoms. The fraction of sp³-hybridized carbons (Fsp3) is 0.286. The van der Waals surface area contributed by atoms with Crippen LogP contribution in [-0.2, 0) is 0 Å². The summed E-state index contributed by atoms with van der Waals surface area (Å²) in [7, 11) is 4.15. The Hall–Kier alpha value is -3.39. The van der Waals surface area contributed by atoms with E-state index in [0.717, 1.165) is 59.5 Å². The first-order chi connectivity index (χ1) is 17.4. The van der Waals surface area contributed by atoms with Crippen LogP contribution in [0.2, 0.25) is 5.02 Å². The number of pyridine rings is 1. The highest BCUT2D eigenvalue weighted by molar-refractivity contribution is 6.34. The van der Waals surface area contributed by atoms with Crippen molar-refractivity contribution < 1.29 is 9.90 Å². The summed E-state index contributed by atoms with van der Waals surface area (Å²) in [6, 6.07) is 14.8. The monoisotopic (exact) mass is 503 g/mol. The Bertz CT molecular complexity index is 1390. The minimum atomic E-state index is -0.0420. The Labute approximate surface area is 215 Å². The maximum absolute atomic E-state index is 13.4. The van der Waals surface area contributed by atoms with Crippen molar-refractivity contribution in [2.24, 2.45) is 0 Å². The van der Waals surface area contributed by atoms with Crippen molar-refractivity contribution in [3.05, 3.63) is 71.5 Å². The molecule has 1 amide bonds. The Morgan fingerprint density at radius 3 is 2.58 bits per heavy atom. The average Bonchev–Trinajstić information content (AvgIpc) is 3.31. The number of nitrogens with zero attached hydrogens (tertiary/aromatic N) is 4. The number of phenolic OH excluding ortho intramolecular Hbond substituents is 1. The van der Waals surface area contributed by atoms with Crippen molar-refractivity contribution in [1.29, 1.82) is 0 Å². The van der Waals surface area contributed by atoms with E-state index in [2.05, 4.69) is 33.9 Å². The Morgan fingerprint density at radius 1 is 1.06 bits per heavy atom. The lowest BCUT2D eigenvalue weighted by molar-refractivity contribution is 0.0630. The highest BCUT2D eigenvalue weighted by Gasteiger charge is 2.24. The van der Waals surface area contributed by atoms with Gasteiger partial charge in [0.1, 0.15) is 11.4 Å². The summed E-state index contributed by atoms with van der Waals surface area (Å²) in [6.45, 7) is 5.11. The number of hydrogen-bond acceptors (Lipinski definition) is 5. The number of hydrogen-bond donors (Lipinski definition) is 2. The van der Waals surface area contributed by atoms with Gasteiger partial charge in [0.05, 0.1) is 10.6 Å². The van der Waals surface area contributed by atoms with Gasteiger partial charge in [-0.05, 0) is 43.9 Å². The molecular weight excluding hydrogens is 474 g/mol. The van der Waals surface area contributed by atoms with Crippen LogP contribution >= 0.6 is 11.6 Å². The summed E-state index contributed by atoms with van der Waals surface area (Å²) in [5.41, 5.74) is 4.58. The molecule has 0 bridgehead atoms. The third kappa shape index (κ3) is 4.95. The summed E-state index contributed by atoms with van der Waals surface area (Å²) in [5.74, 6) is 0.171. The lowest BCUT2D eigenvalue weighted by Gasteiger charge is -2.35. The molecule has 8 heteroatoms. The Kier molecular flexibility index (Phi) is 6.96. The lowest BCUT2D eigenvalue weighted by atomic mass is 10.00. The molecule has 1 fully saturated rings. The maximum Gasteiger partial charge on any atom is 0.255 e. The van der Waals surface area contributed by atoms with Gasteiger partial charge in [0, 0.05) is 73.7 Å². The van der Waals surface area contributed by atoms with E-state index in [-0.39, 0.29) is 11.7 Å². The van der Waals surface area contributed by atoms with Gasteiger partial charge in [-0.3, -0.25) is 9.69 Å². The number of para-hydroxylation sites is 1. The molecule has 2 aromatic carbocycles. The molecule has 1 saturated heterocycles. The van der Waals surface area contributed by atoms with Crippen LogP contribution in [0.15, 0.2) is 60.9 Å². The topological polar surface area (TPSA) is 75.7 Å². The number of amides is 1. The molecule has 5 rings (SSSR count). The lowest BCUT2D eigenvalue weighted by Crippen LogP contribution is -2.50. The summed E-state index contributed by atoms with van der Waals surface area (Å²) in [4.78, 5) is 27.6. The van der Waals surface area contributed by atoms with Crippen LogP contribution in [0.1, 0.15) is 10.4 Å². The van der Waals surface area contributed by atoms with Gasteiger partial charge in [0.25, 0.3) is 5.91 Å². The van der Waals surface area contributed by atoms with E-state index in [9.17, 15) is 9.90 Å². The minimum Gasteiger partial charge on any atom is -0.507 e. The number of halogens is 1. The fourth-order valence-electron chi connectivity index (χ4n) is 4.64. The standard InChI is InChI=1S/C28H30ClN5O2/c1-32(2)9-10-33-11-13-34(14-12-33)28(36)23-15-19(7-8-25(23)29)20-16-22-24(18-31-27(22)30-17-20)21-5-3-4-6-26(21)35/h3-8,15-18,35H,9-14H2,1-2H3,(H,30,31). The van der Waals surface area contributed by atoms with Gasteiger partial charge in [-0.2, -0.15) is 0 Å². The molecule has 0 saturated carbocycles. The first-order valence-corrected chi connectivity index (χ1v) is 12.5. The van der Waals surface area contributed by atoms with Crippen LogP contribution in [0.4, 0.5) is 0 Å². The zero-order valence-electron chi connectivity index (χ0n) is 20.5. The van der Waals surface area contributed by atoms with Gasteiger partial charge in [0.2, 0.25) is 0 Å². The number of aromatic nitrogens is 2. The molecule has 4 aromatic rings. The first-order valence-electron chi connectivity index (χ1n) is 12.1. The van der Waals surface area contributed by atoms with Crippen LogP contribution in [-0.4, -0.2) is 89.0 Å². The Balaban J connectivity index is 1.40. The summed E-state index contributed by atoms with van der Waals surface area (Å²) >= 11 is 6.50. The molecule has 1 aliphatic heterocycles. The molecule has 0 unspecified atom stereocenters. The van der Waals surface area contributed by atoms with Crippen LogP contribution < -0.4 is 0 Å². The van der Waals surface area contributed by atoms with Crippen molar-refractivity contribution in [2.75, 3.05) is 53.4 Å². The highest BCUT2D eigenvalue weighted by Crippen LogP contribution is 2.36. The van der Waals surface area contributed by atoms with E-state index in [4.69, 9.17) is 11.6 Å². The predicted octanol–water partition coefficient (Wildman–Crippen LogP) is 4.58. The molecule has 1 aliphatic rings. The zero-order chi connectivity index (χ0) is 25.2. The molecule has 2 N–H and O–H groups in total. The third-order valence-electron chi connectivity index (χ3n) is 6.78. The molecule has 0 radical (unpaired) electrons.